The summed E-state index contributed by atoms with van der Waals surface area (Å²) in [5.41, 5.74) is 1.45. The van der Waals surface area contributed by atoms with E-state index in [4.69, 9.17) is 0 Å². The van der Waals surface area contributed by atoms with Gasteiger partial charge in [-0.25, -0.2) is 0 Å². The van der Waals surface area contributed by atoms with E-state index in [1.165, 1.54) is 6.92 Å². The van der Waals surface area contributed by atoms with Gasteiger partial charge in [0.2, 0.25) is 5.78 Å². The van der Waals surface area contributed by atoms with E-state index in [1.54, 1.807) is 6.20 Å². The Kier molecular flexibility index (Phi) is 4.21. The van der Waals surface area contributed by atoms with Gasteiger partial charge in [0.25, 0.3) is 0 Å². The first-order valence-corrected chi connectivity index (χ1v) is 5.70. The molecule has 0 atom stereocenters. The monoisotopic (exact) mass is 231 g/mol. The lowest BCUT2D eigenvalue weighted by atomic mass is 10.1. The number of Topliss-reactive ketones (excluding diaryl/α,β-unsaturated/α-hetero) is 2. The molecule has 0 spiro atoms. The minimum absolute atomic E-state index is 0.424. The molecule has 3 heteroatoms. The van der Waals surface area contributed by atoms with Gasteiger partial charge in [0, 0.05) is 31.1 Å². The number of benzene rings is 1. The van der Waals surface area contributed by atoms with Crippen LogP contribution in [0.3, 0.4) is 0 Å². The minimum Gasteiger partial charge on any atom is -0.350 e. The topological polar surface area (TPSA) is 39.1 Å². The summed E-state index contributed by atoms with van der Waals surface area (Å²) in [5, 5.41) is 0.834. The summed E-state index contributed by atoms with van der Waals surface area (Å²) >= 11 is 0. The zero-order chi connectivity index (χ0) is 13.0. The maximum atomic E-state index is 11.6. The summed E-state index contributed by atoms with van der Waals surface area (Å²) in [6.45, 7) is 5.30. The van der Waals surface area contributed by atoms with E-state index in [1.807, 2.05) is 49.7 Å². The molecule has 17 heavy (non-hydrogen) atoms. The second-order valence-electron chi connectivity index (χ2n) is 3.56. The highest BCUT2D eigenvalue weighted by Gasteiger charge is 2.16. The van der Waals surface area contributed by atoms with Crippen molar-refractivity contribution < 1.29 is 9.59 Å². The molecule has 0 amide bonds. The number of aryl methyl sites for hydroxylation is 1. The Morgan fingerprint density at radius 1 is 1.12 bits per heavy atom. The fourth-order valence-corrected chi connectivity index (χ4v) is 1.71. The summed E-state index contributed by atoms with van der Waals surface area (Å²) in [6, 6.07) is 7.54. The molecule has 2 rings (SSSR count). The van der Waals surface area contributed by atoms with Crippen molar-refractivity contribution in [2.24, 2.45) is 7.05 Å². The molecule has 1 aromatic carbocycles. The van der Waals surface area contributed by atoms with Gasteiger partial charge in [-0.3, -0.25) is 9.59 Å². The first kappa shape index (κ1) is 13.2. The van der Waals surface area contributed by atoms with E-state index in [2.05, 4.69) is 0 Å². The summed E-state index contributed by atoms with van der Waals surface area (Å²) in [4.78, 5) is 22.6. The van der Waals surface area contributed by atoms with Gasteiger partial charge in [0.15, 0.2) is 5.78 Å². The van der Waals surface area contributed by atoms with Gasteiger partial charge >= 0.3 is 0 Å². The number of para-hydroxylation sites is 1. The van der Waals surface area contributed by atoms with Crippen LogP contribution in [0.4, 0.5) is 0 Å². The molecule has 0 unspecified atom stereocenters. The molecule has 1 heterocycles. The molecule has 0 radical (unpaired) electrons. The van der Waals surface area contributed by atoms with Crippen LogP contribution in [0.1, 0.15) is 31.1 Å². The molecule has 3 nitrogen and oxygen atoms in total. The SMILES string of the molecule is CC.CC(=O)C(=O)c1cn(C)c2ccccc12. The summed E-state index contributed by atoms with van der Waals surface area (Å²) in [5.74, 6) is -0.849. The first-order chi connectivity index (χ1) is 8.11. The molecule has 1 aromatic heterocycles. The van der Waals surface area contributed by atoms with E-state index in [0.29, 0.717) is 5.56 Å². The number of hydrogen-bond acceptors (Lipinski definition) is 2. The number of aromatic nitrogens is 1. The highest BCUT2D eigenvalue weighted by molar-refractivity contribution is 6.45. The molecule has 0 bridgehead atoms. The smallest absolute Gasteiger partial charge is 0.230 e. The van der Waals surface area contributed by atoms with Crippen LogP contribution in [0.2, 0.25) is 0 Å². The second kappa shape index (κ2) is 5.43. The zero-order valence-electron chi connectivity index (χ0n) is 10.7. The second-order valence-corrected chi connectivity index (χ2v) is 3.56. The van der Waals surface area contributed by atoms with Crippen molar-refractivity contribution in [2.45, 2.75) is 20.8 Å². The number of rotatable bonds is 2. The molecule has 0 aliphatic rings. The lowest BCUT2D eigenvalue weighted by Crippen LogP contribution is -2.08. The van der Waals surface area contributed by atoms with Crippen LogP contribution in [-0.4, -0.2) is 16.1 Å². The van der Waals surface area contributed by atoms with Gasteiger partial charge in [-0.05, 0) is 6.07 Å². The average molecular weight is 231 g/mol. The molecule has 2 aromatic rings. The largest absolute Gasteiger partial charge is 0.350 e. The predicted molar refractivity (Wildman–Crippen MR) is 69.3 cm³/mol. The summed E-state index contributed by atoms with van der Waals surface area (Å²) in [7, 11) is 1.86. The first-order valence-electron chi connectivity index (χ1n) is 5.70. The third-order valence-corrected chi connectivity index (χ3v) is 2.46. The third-order valence-electron chi connectivity index (χ3n) is 2.46. The predicted octanol–water partition coefficient (Wildman–Crippen LogP) is 2.98. The van der Waals surface area contributed by atoms with Crippen molar-refractivity contribution in [3.05, 3.63) is 36.0 Å². The minimum atomic E-state index is -0.425. The van der Waals surface area contributed by atoms with Gasteiger partial charge in [0.1, 0.15) is 0 Å². The molecular formula is C14H17NO2. The van der Waals surface area contributed by atoms with Crippen molar-refractivity contribution >= 4 is 22.5 Å². The van der Waals surface area contributed by atoms with Crippen LogP contribution < -0.4 is 0 Å². The van der Waals surface area contributed by atoms with Crippen LogP contribution in [-0.2, 0) is 11.8 Å². The van der Waals surface area contributed by atoms with E-state index >= 15 is 0 Å². The fraction of sp³-hybridized carbons (Fsp3) is 0.286. The normalized spacial score (nSPS) is 9.65. The van der Waals surface area contributed by atoms with E-state index in [0.717, 1.165) is 10.9 Å². The maximum absolute atomic E-state index is 11.6. The molecule has 0 N–H and O–H groups in total. The molecule has 0 fully saturated rings. The van der Waals surface area contributed by atoms with E-state index < -0.39 is 11.6 Å². The Hall–Kier alpha value is -1.90. The Labute approximate surface area is 101 Å². The van der Waals surface area contributed by atoms with Crippen molar-refractivity contribution in [2.75, 3.05) is 0 Å². The van der Waals surface area contributed by atoms with Crippen LogP contribution in [0.5, 0.6) is 0 Å². The third kappa shape index (κ3) is 2.44. The number of carbonyl (C=O) groups excluding carboxylic acids is 2. The lowest BCUT2D eigenvalue weighted by molar-refractivity contribution is -0.113. The number of carbonyl (C=O) groups is 2. The van der Waals surface area contributed by atoms with Gasteiger partial charge in [-0.2, -0.15) is 0 Å². The lowest BCUT2D eigenvalue weighted by Gasteiger charge is -1.93. The van der Waals surface area contributed by atoms with Crippen molar-refractivity contribution in [1.82, 2.24) is 4.57 Å². The van der Waals surface area contributed by atoms with E-state index in [-0.39, 0.29) is 0 Å². The molecule has 0 aliphatic heterocycles. The van der Waals surface area contributed by atoms with Gasteiger partial charge in [-0.1, -0.05) is 32.0 Å². The molecule has 0 aliphatic carbocycles. The maximum Gasteiger partial charge on any atom is 0.230 e. The van der Waals surface area contributed by atoms with E-state index in [9.17, 15) is 9.59 Å². The number of nitrogens with zero attached hydrogens (tertiary/aromatic N) is 1. The zero-order valence-corrected chi connectivity index (χ0v) is 10.7. The Morgan fingerprint density at radius 3 is 2.29 bits per heavy atom. The Balaban J connectivity index is 0.000000686. The van der Waals surface area contributed by atoms with Crippen LogP contribution in [0, 0.1) is 0 Å². The van der Waals surface area contributed by atoms with Gasteiger partial charge in [0.05, 0.1) is 5.56 Å². The fourth-order valence-electron chi connectivity index (χ4n) is 1.71. The quantitative estimate of drug-likeness (QED) is 0.588. The van der Waals surface area contributed by atoms with Crippen LogP contribution in [0.15, 0.2) is 30.5 Å². The van der Waals surface area contributed by atoms with Gasteiger partial charge in [-0.15, -0.1) is 0 Å². The molecule has 0 saturated heterocycles. The number of hydrogen-bond donors (Lipinski definition) is 0. The van der Waals surface area contributed by atoms with Crippen molar-refractivity contribution in [3.8, 4) is 0 Å². The highest BCUT2D eigenvalue weighted by Crippen LogP contribution is 2.20. The summed E-state index contributed by atoms with van der Waals surface area (Å²) in [6.07, 6.45) is 1.70. The Bertz CT molecular complexity index is 552. The Morgan fingerprint density at radius 2 is 1.71 bits per heavy atom. The standard InChI is InChI=1S/C12H11NO2.C2H6/c1-8(14)12(15)10-7-13(2)11-6-4-3-5-9(10)11;1-2/h3-7H,1-2H3;1-2H3. The molecular weight excluding hydrogens is 214 g/mol. The number of ketones is 2. The number of fused-ring (bicyclic) bond motifs is 1. The van der Waals surface area contributed by atoms with Crippen molar-refractivity contribution in [3.63, 3.8) is 0 Å². The van der Waals surface area contributed by atoms with Crippen LogP contribution >= 0.6 is 0 Å². The highest BCUT2D eigenvalue weighted by atomic mass is 16.2. The van der Waals surface area contributed by atoms with Crippen LogP contribution in [0.25, 0.3) is 10.9 Å². The summed E-state index contributed by atoms with van der Waals surface area (Å²) < 4.78 is 1.85. The molecule has 0 saturated carbocycles. The molecule has 90 valence electrons. The van der Waals surface area contributed by atoms with Gasteiger partial charge < -0.3 is 4.57 Å². The average Bonchev–Trinajstić information content (AvgIpc) is 2.69. The van der Waals surface area contributed by atoms with Crippen molar-refractivity contribution in [1.29, 1.82) is 0 Å².